The number of carbonyl (C=O) groups excluding carboxylic acids is 2. The summed E-state index contributed by atoms with van der Waals surface area (Å²) in [5, 5.41) is 5.83. The second-order valence-electron chi connectivity index (χ2n) is 6.30. The fourth-order valence-corrected chi connectivity index (χ4v) is 2.44. The highest BCUT2D eigenvalue weighted by Gasteiger charge is 2.09. The van der Waals surface area contributed by atoms with Crippen molar-refractivity contribution in [2.45, 2.75) is 39.5 Å². The number of hydrogen-bond acceptors (Lipinski definition) is 3. The summed E-state index contributed by atoms with van der Waals surface area (Å²) in [6.45, 7) is 4.88. The maximum absolute atomic E-state index is 12.3. The molecule has 26 heavy (non-hydrogen) atoms. The molecule has 2 aromatic rings. The summed E-state index contributed by atoms with van der Waals surface area (Å²) in [5.41, 5.74) is 3.11. The van der Waals surface area contributed by atoms with Crippen molar-refractivity contribution in [1.29, 1.82) is 0 Å². The second kappa shape index (κ2) is 9.73. The Morgan fingerprint density at radius 2 is 1.73 bits per heavy atom. The third kappa shape index (κ3) is 5.70. The lowest BCUT2D eigenvalue weighted by Crippen LogP contribution is -2.31. The number of hydrogen-bond donors (Lipinski definition) is 2. The minimum atomic E-state index is -0.137. The maximum atomic E-state index is 12.3. The lowest BCUT2D eigenvalue weighted by Gasteiger charge is -2.12. The third-order valence-corrected chi connectivity index (χ3v) is 4.16. The van der Waals surface area contributed by atoms with Crippen LogP contribution in [-0.2, 0) is 17.9 Å². The van der Waals surface area contributed by atoms with Crippen molar-refractivity contribution in [3.05, 3.63) is 70.8 Å². The summed E-state index contributed by atoms with van der Waals surface area (Å²) in [6.07, 6.45) is 0.890. The Hall–Kier alpha value is -2.66. The van der Waals surface area contributed by atoms with Crippen molar-refractivity contribution in [3.63, 3.8) is 0 Å². The monoisotopic (exact) mass is 354 g/mol. The van der Waals surface area contributed by atoms with Crippen molar-refractivity contribution >= 4 is 11.8 Å². The number of benzene rings is 2. The van der Waals surface area contributed by atoms with Crippen LogP contribution in [0.1, 0.15) is 52.1 Å². The largest absolute Gasteiger partial charge is 0.380 e. The van der Waals surface area contributed by atoms with E-state index in [2.05, 4.69) is 10.6 Å². The minimum absolute atomic E-state index is 0.0788. The summed E-state index contributed by atoms with van der Waals surface area (Å²) < 4.78 is 5.09. The second-order valence-corrected chi connectivity index (χ2v) is 6.30. The zero-order valence-electron chi connectivity index (χ0n) is 15.5. The van der Waals surface area contributed by atoms with Gasteiger partial charge in [0.05, 0.1) is 6.61 Å². The molecule has 0 bridgehead atoms. The van der Waals surface area contributed by atoms with Gasteiger partial charge in [0.2, 0.25) is 0 Å². The van der Waals surface area contributed by atoms with Gasteiger partial charge in [0.15, 0.2) is 0 Å². The van der Waals surface area contributed by atoms with E-state index in [1.54, 1.807) is 25.3 Å². The average Bonchev–Trinajstić information content (AvgIpc) is 2.66. The fourth-order valence-electron chi connectivity index (χ4n) is 2.44. The topological polar surface area (TPSA) is 67.4 Å². The molecular formula is C21H26N2O3. The number of carbonyl (C=O) groups is 2. The van der Waals surface area contributed by atoms with E-state index < -0.39 is 0 Å². The zero-order valence-corrected chi connectivity index (χ0v) is 15.5. The van der Waals surface area contributed by atoms with Crippen LogP contribution in [-0.4, -0.2) is 25.0 Å². The lowest BCUT2D eigenvalue weighted by atomic mass is 10.1. The molecule has 2 rings (SSSR count). The standard InChI is InChI=1S/C21H26N2O3/c1-4-15(2)23-21(25)18-10-8-16(9-11-18)13-22-20(24)19-7-5-6-17(12-19)14-26-3/h5-12,15H,4,13-14H2,1-3H3,(H,22,24)(H,23,25)/t15-/m1/s1. The average molecular weight is 354 g/mol. The van der Waals surface area contributed by atoms with Crippen LogP contribution in [0.5, 0.6) is 0 Å². The van der Waals surface area contributed by atoms with Gasteiger partial charge in [0, 0.05) is 30.8 Å². The van der Waals surface area contributed by atoms with E-state index in [1.807, 2.05) is 44.2 Å². The van der Waals surface area contributed by atoms with Crippen LogP contribution in [0.3, 0.4) is 0 Å². The fraction of sp³-hybridized carbons (Fsp3) is 0.333. The van der Waals surface area contributed by atoms with Crippen LogP contribution in [0.15, 0.2) is 48.5 Å². The van der Waals surface area contributed by atoms with Gasteiger partial charge in [-0.1, -0.05) is 31.2 Å². The molecule has 0 spiro atoms. The van der Waals surface area contributed by atoms with Crippen molar-refractivity contribution in [3.8, 4) is 0 Å². The van der Waals surface area contributed by atoms with Crippen LogP contribution in [0, 0.1) is 0 Å². The predicted octanol–water partition coefficient (Wildman–Crippen LogP) is 3.29. The van der Waals surface area contributed by atoms with E-state index in [4.69, 9.17) is 4.74 Å². The molecule has 138 valence electrons. The highest BCUT2D eigenvalue weighted by atomic mass is 16.5. The SMILES string of the molecule is CC[C@@H](C)NC(=O)c1ccc(CNC(=O)c2cccc(COC)c2)cc1. The van der Waals surface area contributed by atoms with Crippen LogP contribution < -0.4 is 10.6 Å². The molecule has 0 aromatic heterocycles. The van der Waals surface area contributed by atoms with Crippen molar-refractivity contribution in [2.75, 3.05) is 7.11 Å². The number of ether oxygens (including phenoxy) is 1. The molecule has 1 atom stereocenters. The Morgan fingerprint density at radius 3 is 2.38 bits per heavy atom. The van der Waals surface area contributed by atoms with Gasteiger partial charge in [0.25, 0.3) is 11.8 Å². The van der Waals surface area contributed by atoms with Crippen LogP contribution in [0.4, 0.5) is 0 Å². The van der Waals surface area contributed by atoms with E-state index in [9.17, 15) is 9.59 Å². The van der Waals surface area contributed by atoms with Gasteiger partial charge in [-0.3, -0.25) is 9.59 Å². The van der Waals surface area contributed by atoms with Gasteiger partial charge in [-0.2, -0.15) is 0 Å². The van der Waals surface area contributed by atoms with Gasteiger partial charge in [-0.15, -0.1) is 0 Å². The molecule has 0 saturated heterocycles. The Bertz CT molecular complexity index is 741. The summed E-state index contributed by atoms with van der Waals surface area (Å²) in [7, 11) is 1.62. The molecule has 0 aliphatic carbocycles. The number of rotatable bonds is 8. The zero-order chi connectivity index (χ0) is 18.9. The molecule has 2 aromatic carbocycles. The van der Waals surface area contributed by atoms with Crippen LogP contribution in [0.25, 0.3) is 0 Å². The van der Waals surface area contributed by atoms with E-state index >= 15 is 0 Å². The van der Waals surface area contributed by atoms with Crippen LogP contribution >= 0.6 is 0 Å². The van der Waals surface area contributed by atoms with E-state index in [0.29, 0.717) is 24.3 Å². The van der Waals surface area contributed by atoms with Crippen molar-refractivity contribution in [1.82, 2.24) is 10.6 Å². The molecule has 0 saturated carbocycles. The molecule has 0 aliphatic heterocycles. The Morgan fingerprint density at radius 1 is 1.00 bits per heavy atom. The molecular weight excluding hydrogens is 328 g/mol. The quantitative estimate of drug-likeness (QED) is 0.764. The molecule has 2 N–H and O–H groups in total. The van der Waals surface area contributed by atoms with Crippen molar-refractivity contribution in [2.24, 2.45) is 0 Å². The summed E-state index contributed by atoms with van der Waals surface area (Å²) >= 11 is 0. The highest BCUT2D eigenvalue weighted by Crippen LogP contribution is 2.08. The minimum Gasteiger partial charge on any atom is -0.380 e. The molecule has 2 amide bonds. The van der Waals surface area contributed by atoms with E-state index in [1.165, 1.54) is 0 Å². The predicted molar refractivity (Wildman–Crippen MR) is 102 cm³/mol. The first-order chi connectivity index (χ1) is 12.5. The maximum Gasteiger partial charge on any atom is 0.251 e. The summed E-state index contributed by atoms with van der Waals surface area (Å²) in [5.74, 6) is -0.216. The van der Waals surface area contributed by atoms with Gasteiger partial charge in [-0.25, -0.2) is 0 Å². The molecule has 0 aliphatic rings. The number of nitrogens with one attached hydrogen (secondary N) is 2. The van der Waals surface area contributed by atoms with Crippen molar-refractivity contribution < 1.29 is 14.3 Å². The molecule has 5 nitrogen and oxygen atoms in total. The van der Waals surface area contributed by atoms with E-state index in [0.717, 1.165) is 17.5 Å². The van der Waals surface area contributed by atoms with Crippen LogP contribution in [0.2, 0.25) is 0 Å². The summed E-state index contributed by atoms with van der Waals surface area (Å²) in [6, 6.07) is 14.8. The highest BCUT2D eigenvalue weighted by molar-refractivity contribution is 5.95. The normalized spacial score (nSPS) is 11.7. The summed E-state index contributed by atoms with van der Waals surface area (Å²) in [4.78, 5) is 24.4. The smallest absolute Gasteiger partial charge is 0.251 e. The molecule has 0 unspecified atom stereocenters. The first-order valence-electron chi connectivity index (χ1n) is 8.79. The molecule has 0 radical (unpaired) electrons. The third-order valence-electron chi connectivity index (χ3n) is 4.16. The molecule has 0 fully saturated rings. The van der Waals surface area contributed by atoms with Gasteiger partial charge >= 0.3 is 0 Å². The Labute approximate surface area is 154 Å². The number of amides is 2. The van der Waals surface area contributed by atoms with Gasteiger partial charge in [0.1, 0.15) is 0 Å². The Balaban J connectivity index is 1.92. The van der Waals surface area contributed by atoms with E-state index in [-0.39, 0.29) is 17.9 Å². The van der Waals surface area contributed by atoms with Gasteiger partial charge < -0.3 is 15.4 Å². The lowest BCUT2D eigenvalue weighted by molar-refractivity contribution is 0.0934. The van der Waals surface area contributed by atoms with Gasteiger partial charge in [-0.05, 0) is 48.7 Å². The molecule has 0 heterocycles. The number of methoxy groups -OCH3 is 1. The molecule has 5 heteroatoms. The Kier molecular flexibility index (Phi) is 7.36. The first kappa shape index (κ1) is 19.7. The first-order valence-corrected chi connectivity index (χ1v) is 8.79.